The van der Waals surface area contributed by atoms with Crippen molar-refractivity contribution in [1.29, 1.82) is 0 Å². The summed E-state index contributed by atoms with van der Waals surface area (Å²) in [4.78, 5) is 0. The molecule has 1 N–H and O–H groups in total. The first-order valence-corrected chi connectivity index (χ1v) is 7.48. The molecule has 1 aliphatic carbocycles. The van der Waals surface area contributed by atoms with Gasteiger partial charge in [0.2, 0.25) is 0 Å². The molecule has 1 heterocycles. The molecule has 2 aromatic rings. The average Bonchev–Trinajstić information content (AvgIpc) is 2.93. The van der Waals surface area contributed by atoms with Gasteiger partial charge in [0, 0.05) is 6.04 Å². The average molecular weight is 339 g/mol. The molecule has 1 aliphatic rings. The third kappa shape index (κ3) is 1.84. The predicted molar refractivity (Wildman–Crippen MR) is 78.0 cm³/mol. The van der Waals surface area contributed by atoms with Gasteiger partial charge in [-0.05, 0) is 59.8 Å². The minimum atomic E-state index is -1.18. The summed E-state index contributed by atoms with van der Waals surface area (Å²) in [6.45, 7) is 4.02. The Balaban J connectivity index is 2.22. The molecule has 5 heteroatoms. The fourth-order valence-corrected chi connectivity index (χ4v) is 3.61. The van der Waals surface area contributed by atoms with Crippen LogP contribution in [-0.4, -0.2) is 14.9 Å². The number of fused-ring (bicyclic) bond motifs is 1. The van der Waals surface area contributed by atoms with Crippen molar-refractivity contribution >= 4 is 15.9 Å². The molecule has 1 atom stereocenters. The van der Waals surface area contributed by atoms with E-state index in [1.165, 1.54) is 6.07 Å². The summed E-state index contributed by atoms with van der Waals surface area (Å²) in [5, 5.41) is 15.5. The Kier molecular flexibility index (Phi) is 3.21. The van der Waals surface area contributed by atoms with E-state index in [1.54, 1.807) is 23.0 Å². The highest BCUT2D eigenvalue weighted by atomic mass is 79.9. The van der Waals surface area contributed by atoms with E-state index in [4.69, 9.17) is 0 Å². The van der Waals surface area contributed by atoms with Gasteiger partial charge < -0.3 is 5.11 Å². The first-order valence-electron chi connectivity index (χ1n) is 6.69. The molecule has 106 valence electrons. The van der Waals surface area contributed by atoms with E-state index in [-0.39, 0.29) is 11.9 Å². The quantitative estimate of drug-likeness (QED) is 0.909. The second-order valence-corrected chi connectivity index (χ2v) is 6.36. The van der Waals surface area contributed by atoms with Gasteiger partial charge in [0.25, 0.3) is 0 Å². The molecular formula is C15H16BrFN2O. The van der Waals surface area contributed by atoms with Crippen LogP contribution < -0.4 is 0 Å². The van der Waals surface area contributed by atoms with Crippen LogP contribution in [0.5, 0.6) is 0 Å². The van der Waals surface area contributed by atoms with Gasteiger partial charge >= 0.3 is 0 Å². The van der Waals surface area contributed by atoms with E-state index >= 15 is 0 Å². The number of nitrogens with zero attached hydrogens (tertiary/aromatic N) is 2. The second-order valence-electron chi connectivity index (χ2n) is 5.51. The highest BCUT2D eigenvalue weighted by Crippen LogP contribution is 2.45. The third-order valence-corrected chi connectivity index (χ3v) is 4.51. The molecule has 0 radical (unpaired) electrons. The van der Waals surface area contributed by atoms with Crippen LogP contribution in [0.15, 0.2) is 28.9 Å². The first kappa shape index (κ1) is 13.8. The highest BCUT2D eigenvalue weighted by molar-refractivity contribution is 9.10. The molecule has 0 bridgehead atoms. The van der Waals surface area contributed by atoms with Crippen LogP contribution in [0.3, 0.4) is 0 Å². The first-order chi connectivity index (χ1) is 9.45. The Morgan fingerprint density at radius 2 is 2.20 bits per heavy atom. The fourth-order valence-electron chi connectivity index (χ4n) is 3.01. The number of rotatable bonds is 2. The Bertz CT molecular complexity index is 668. The lowest BCUT2D eigenvalue weighted by Gasteiger charge is -2.27. The molecule has 0 amide bonds. The second kappa shape index (κ2) is 4.67. The summed E-state index contributed by atoms with van der Waals surface area (Å²) in [6.07, 6.45) is 2.69. The fraction of sp³-hybridized carbons (Fsp3) is 0.400. The van der Waals surface area contributed by atoms with Gasteiger partial charge in [0.1, 0.15) is 11.4 Å². The highest BCUT2D eigenvalue weighted by Gasteiger charge is 2.43. The molecular weight excluding hydrogens is 323 g/mol. The van der Waals surface area contributed by atoms with Crippen molar-refractivity contribution in [3.63, 3.8) is 0 Å². The zero-order valence-electron chi connectivity index (χ0n) is 11.4. The Morgan fingerprint density at radius 3 is 2.90 bits per heavy atom. The molecule has 1 aromatic carbocycles. The van der Waals surface area contributed by atoms with E-state index in [9.17, 15) is 9.50 Å². The normalized spacial score (nSPS) is 21.5. The van der Waals surface area contributed by atoms with Crippen LogP contribution in [0.2, 0.25) is 0 Å². The molecule has 0 saturated carbocycles. The van der Waals surface area contributed by atoms with E-state index in [1.807, 2.05) is 13.8 Å². The Morgan fingerprint density at radius 1 is 1.45 bits per heavy atom. The van der Waals surface area contributed by atoms with Crippen LogP contribution in [0.25, 0.3) is 0 Å². The van der Waals surface area contributed by atoms with Gasteiger partial charge in [-0.15, -0.1) is 0 Å². The molecule has 0 saturated heterocycles. The van der Waals surface area contributed by atoms with Crippen molar-refractivity contribution < 1.29 is 9.50 Å². The zero-order chi connectivity index (χ0) is 14.5. The number of halogens is 2. The summed E-state index contributed by atoms with van der Waals surface area (Å²) < 4.78 is 16.4. The lowest BCUT2D eigenvalue weighted by atomic mass is 9.92. The standard InChI is InChI=1S/C15H16BrFN2O/c1-9(2)19-14(12(16)8-18-19)15(20)7-6-10-11(15)4-3-5-13(10)17/h3-5,8-9,20H,6-7H2,1-2H3. The minimum absolute atomic E-state index is 0.123. The summed E-state index contributed by atoms with van der Waals surface area (Å²) in [7, 11) is 0. The SMILES string of the molecule is CC(C)n1ncc(Br)c1C1(O)CCc2c(F)cccc21. The minimum Gasteiger partial charge on any atom is -0.379 e. The largest absolute Gasteiger partial charge is 0.379 e. The van der Waals surface area contributed by atoms with Crippen molar-refractivity contribution in [2.75, 3.05) is 0 Å². The topological polar surface area (TPSA) is 38.0 Å². The summed E-state index contributed by atoms with van der Waals surface area (Å²) in [6, 6.07) is 5.02. The van der Waals surface area contributed by atoms with Crippen LogP contribution in [0, 0.1) is 5.82 Å². The molecule has 0 aliphatic heterocycles. The number of aliphatic hydroxyl groups is 1. The van der Waals surface area contributed by atoms with Crippen molar-refractivity contribution in [1.82, 2.24) is 9.78 Å². The van der Waals surface area contributed by atoms with Crippen molar-refractivity contribution in [2.45, 2.75) is 38.3 Å². The van der Waals surface area contributed by atoms with Gasteiger partial charge in [-0.2, -0.15) is 5.10 Å². The maximum Gasteiger partial charge on any atom is 0.133 e. The lowest BCUT2D eigenvalue weighted by Crippen LogP contribution is -2.29. The molecule has 0 fully saturated rings. The van der Waals surface area contributed by atoms with Crippen LogP contribution in [0.1, 0.15) is 43.1 Å². The summed E-state index contributed by atoms with van der Waals surface area (Å²) in [5.41, 5.74) is 0.785. The van der Waals surface area contributed by atoms with Crippen molar-refractivity contribution in [3.8, 4) is 0 Å². The van der Waals surface area contributed by atoms with E-state index in [0.29, 0.717) is 29.7 Å². The summed E-state index contributed by atoms with van der Waals surface area (Å²) >= 11 is 3.46. The molecule has 0 spiro atoms. The van der Waals surface area contributed by atoms with Crippen molar-refractivity contribution in [2.24, 2.45) is 0 Å². The number of hydrogen-bond donors (Lipinski definition) is 1. The zero-order valence-corrected chi connectivity index (χ0v) is 13.0. The van der Waals surface area contributed by atoms with E-state index in [2.05, 4.69) is 21.0 Å². The van der Waals surface area contributed by atoms with Crippen LogP contribution in [-0.2, 0) is 12.0 Å². The molecule has 3 nitrogen and oxygen atoms in total. The third-order valence-electron chi connectivity index (χ3n) is 3.93. The molecule has 1 aromatic heterocycles. The van der Waals surface area contributed by atoms with Crippen molar-refractivity contribution in [3.05, 3.63) is 51.5 Å². The van der Waals surface area contributed by atoms with Crippen LogP contribution >= 0.6 is 15.9 Å². The van der Waals surface area contributed by atoms with Gasteiger partial charge in [0.05, 0.1) is 16.4 Å². The Hall–Kier alpha value is -1.20. The number of aromatic nitrogens is 2. The Labute approximate surface area is 125 Å². The molecule has 3 rings (SSSR count). The predicted octanol–water partition coefficient (Wildman–Crippen LogP) is 3.55. The molecule has 20 heavy (non-hydrogen) atoms. The summed E-state index contributed by atoms with van der Waals surface area (Å²) in [5.74, 6) is -0.245. The van der Waals surface area contributed by atoms with E-state index in [0.717, 1.165) is 4.47 Å². The number of benzene rings is 1. The van der Waals surface area contributed by atoms with E-state index < -0.39 is 5.60 Å². The van der Waals surface area contributed by atoms with Crippen LogP contribution in [0.4, 0.5) is 4.39 Å². The lowest BCUT2D eigenvalue weighted by molar-refractivity contribution is 0.0706. The maximum atomic E-state index is 13.9. The molecule has 1 unspecified atom stereocenters. The smallest absolute Gasteiger partial charge is 0.133 e. The van der Waals surface area contributed by atoms with Gasteiger partial charge in [-0.3, -0.25) is 4.68 Å². The van der Waals surface area contributed by atoms with Gasteiger partial charge in [-0.1, -0.05) is 12.1 Å². The van der Waals surface area contributed by atoms with Gasteiger partial charge in [0.15, 0.2) is 0 Å². The maximum absolute atomic E-state index is 13.9. The number of hydrogen-bond acceptors (Lipinski definition) is 2. The monoisotopic (exact) mass is 338 g/mol. The van der Waals surface area contributed by atoms with Gasteiger partial charge in [-0.25, -0.2) is 4.39 Å².